The molecular formula is C23H24N4O4. The third kappa shape index (κ3) is 4.09. The Morgan fingerprint density at radius 1 is 1.16 bits per heavy atom. The van der Waals surface area contributed by atoms with Crippen molar-refractivity contribution in [2.24, 2.45) is 0 Å². The molecule has 0 bridgehead atoms. The highest BCUT2D eigenvalue weighted by Crippen LogP contribution is 2.27. The number of furan rings is 1. The Balaban J connectivity index is 1.69. The number of rotatable bonds is 7. The molecule has 0 aliphatic rings. The van der Waals surface area contributed by atoms with Crippen molar-refractivity contribution in [3.8, 4) is 23.0 Å². The van der Waals surface area contributed by atoms with E-state index in [1.165, 1.54) is 0 Å². The molecule has 0 atom stereocenters. The lowest BCUT2D eigenvalue weighted by molar-refractivity contribution is 0.0952. The smallest absolute Gasteiger partial charge is 0.252 e. The SMILES string of the molecule is COc1cc(CNC(=O)c2cc(-c3ccco3)nc3c2cnn3C(C)C)cc(OC)c1. The highest BCUT2D eigenvalue weighted by molar-refractivity contribution is 6.06. The van der Waals surface area contributed by atoms with Gasteiger partial charge in [-0.25, -0.2) is 9.67 Å². The fourth-order valence-electron chi connectivity index (χ4n) is 3.38. The molecule has 0 fully saturated rings. The van der Waals surface area contributed by atoms with E-state index in [4.69, 9.17) is 18.9 Å². The minimum Gasteiger partial charge on any atom is -0.497 e. The van der Waals surface area contributed by atoms with Crippen LogP contribution in [-0.2, 0) is 6.54 Å². The van der Waals surface area contributed by atoms with Gasteiger partial charge in [0.1, 0.15) is 17.2 Å². The molecule has 1 aromatic carbocycles. The molecule has 8 nitrogen and oxygen atoms in total. The van der Waals surface area contributed by atoms with Crippen LogP contribution in [0.15, 0.2) is 53.3 Å². The molecule has 1 N–H and O–H groups in total. The van der Waals surface area contributed by atoms with E-state index in [-0.39, 0.29) is 11.9 Å². The Morgan fingerprint density at radius 2 is 1.90 bits per heavy atom. The predicted octanol–water partition coefficient (Wildman–Crippen LogP) is 4.22. The van der Waals surface area contributed by atoms with Gasteiger partial charge in [0.2, 0.25) is 0 Å². The molecule has 4 rings (SSSR count). The lowest BCUT2D eigenvalue weighted by Gasteiger charge is -2.11. The van der Waals surface area contributed by atoms with Crippen molar-refractivity contribution in [1.29, 1.82) is 0 Å². The van der Waals surface area contributed by atoms with Gasteiger partial charge in [0, 0.05) is 18.7 Å². The van der Waals surface area contributed by atoms with Crippen molar-refractivity contribution in [3.05, 3.63) is 60.0 Å². The van der Waals surface area contributed by atoms with E-state index in [9.17, 15) is 4.79 Å². The number of methoxy groups -OCH3 is 2. The second-order valence-electron chi connectivity index (χ2n) is 7.36. The zero-order valence-corrected chi connectivity index (χ0v) is 17.9. The van der Waals surface area contributed by atoms with Gasteiger partial charge in [0.15, 0.2) is 11.4 Å². The number of amides is 1. The number of benzene rings is 1. The summed E-state index contributed by atoms with van der Waals surface area (Å²) in [6.45, 7) is 4.35. The molecule has 0 radical (unpaired) electrons. The first kappa shape index (κ1) is 20.5. The Morgan fingerprint density at radius 3 is 2.52 bits per heavy atom. The monoisotopic (exact) mass is 420 g/mol. The average molecular weight is 420 g/mol. The molecule has 4 aromatic rings. The van der Waals surface area contributed by atoms with Crippen molar-refractivity contribution < 1.29 is 18.7 Å². The van der Waals surface area contributed by atoms with Crippen LogP contribution in [0.25, 0.3) is 22.5 Å². The summed E-state index contributed by atoms with van der Waals surface area (Å²) in [5.74, 6) is 1.68. The highest BCUT2D eigenvalue weighted by atomic mass is 16.5. The fraction of sp³-hybridized carbons (Fsp3) is 0.261. The number of fused-ring (bicyclic) bond motifs is 1. The van der Waals surface area contributed by atoms with Crippen molar-refractivity contribution in [2.45, 2.75) is 26.4 Å². The molecule has 0 saturated heterocycles. The second kappa shape index (κ2) is 8.51. The van der Waals surface area contributed by atoms with Gasteiger partial charge in [-0.1, -0.05) is 0 Å². The maximum atomic E-state index is 13.2. The number of nitrogens with one attached hydrogen (secondary N) is 1. The summed E-state index contributed by atoms with van der Waals surface area (Å²) in [5, 5.41) is 8.09. The zero-order chi connectivity index (χ0) is 22.0. The van der Waals surface area contributed by atoms with E-state index in [2.05, 4.69) is 10.4 Å². The summed E-state index contributed by atoms with van der Waals surface area (Å²) in [7, 11) is 3.18. The molecular weight excluding hydrogens is 396 g/mol. The lowest BCUT2D eigenvalue weighted by atomic mass is 10.1. The molecule has 3 aromatic heterocycles. The van der Waals surface area contributed by atoms with Gasteiger partial charge in [-0.05, 0) is 49.7 Å². The molecule has 0 spiro atoms. The third-order valence-electron chi connectivity index (χ3n) is 4.94. The minimum absolute atomic E-state index is 0.0945. The first-order valence-corrected chi connectivity index (χ1v) is 9.92. The minimum atomic E-state index is -0.231. The van der Waals surface area contributed by atoms with Crippen molar-refractivity contribution in [1.82, 2.24) is 20.1 Å². The van der Waals surface area contributed by atoms with Crippen LogP contribution in [0.4, 0.5) is 0 Å². The number of pyridine rings is 1. The normalized spacial score (nSPS) is 11.1. The maximum absolute atomic E-state index is 13.2. The first-order valence-electron chi connectivity index (χ1n) is 9.92. The highest BCUT2D eigenvalue weighted by Gasteiger charge is 2.19. The van der Waals surface area contributed by atoms with Gasteiger partial charge in [-0.3, -0.25) is 4.79 Å². The van der Waals surface area contributed by atoms with E-state index in [1.54, 1.807) is 49.6 Å². The lowest BCUT2D eigenvalue weighted by Crippen LogP contribution is -2.23. The number of hydrogen-bond acceptors (Lipinski definition) is 6. The van der Waals surface area contributed by atoms with E-state index in [0.29, 0.717) is 46.1 Å². The maximum Gasteiger partial charge on any atom is 0.252 e. The summed E-state index contributed by atoms with van der Waals surface area (Å²) in [6.07, 6.45) is 3.26. The summed E-state index contributed by atoms with van der Waals surface area (Å²) in [5.41, 5.74) is 2.56. The van der Waals surface area contributed by atoms with Crippen LogP contribution in [0.2, 0.25) is 0 Å². The van der Waals surface area contributed by atoms with Crippen LogP contribution >= 0.6 is 0 Å². The van der Waals surface area contributed by atoms with Crippen LogP contribution in [0.5, 0.6) is 11.5 Å². The van der Waals surface area contributed by atoms with E-state index < -0.39 is 0 Å². The van der Waals surface area contributed by atoms with Gasteiger partial charge >= 0.3 is 0 Å². The summed E-state index contributed by atoms with van der Waals surface area (Å²) in [4.78, 5) is 17.9. The molecule has 31 heavy (non-hydrogen) atoms. The van der Waals surface area contributed by atoms with Crippen LogP contribution in [0.3, 0.4) is 0 Å². The van der Waals surface area contributed by atoms with Gasteiger partial charge in [0.25, 0.3) is 5.91 Å². The van der Waals surface area contributed by atoms with Crippen molar-refractivity contribution in [2.75, 3.05) is 14.2 Å². The Labute approximate surface area is 179 Å². The summed E-state index contributed by atoms with van der Waals surface area (Å²) in [6, 6.07) is 10.9. The first-order chi connectivity index (χ1) is 15.0. The van der Waals surface area contributed by atoms with E-state index >= 15 is 0 Å². The van der Waals surface area contributed by atoms with Crippen LogP contribution in [0.1, 0.15) is 35.8 Å². The number of nitrogens with zero attached hydrogens (tertiary/aromatic N) is 3. The second-order valence-corrected chi connectivity index (χ2v) is 7.36. The third-order valence-corrected chi connectivity index (χ3v) is 4.94. The van der Waals surface area contributed by atoms with Gasteiger partial charge in [-0.15, -0.1) is 0 Å². The topological polar surface area (TPSA) is 91.4 Å². The summed E-state index contributed by atoms with van der Waals surface area (Å²) < 4.78 is 17.9. The zero-order valence-electron chi connectivity index (χ0n) is 17.9. The summed E-state index contributed by atoms with van der Waals surface area (Å²) >= 11 is 0. The molecule has 8 heteroatoms. The molecule has 3 heterocycles. The number of carbonyl (C=O) groups excluding carboxylic acids is 1. The van der Waals surface area contributed by atoms with Crippen LogP contribution in [0, 0.1) is 0 Å². The number of carbonyl (C=O) groups is 1. The van der Waals surface area contributed by atoms with Crippen molar-refractivity contribution in [3.63, 3.8) is 0 Å². The Hall–Kier alpha value is -3.81. The fourth-order valence-corrected chi connectivity index (χ4v) is 3.38. The number of ether oxygens (including phenoxy) is 2. The van der Waals surface area contributed by atoms with Crippen LogP contribution in [-0.4, -0.2) is 34.9 Å². The van der Waals surface area contributed by atoms with Gasteiger partial charge in [-0.2, -0.15) is 5.10 Å². The largest absolute Gasteiger partial charge is 0.497 e. The molecule has 0 unspecified atom stereocenters. The molecule has 160 valence electrons. The Kier molecular flexibility index (Phi) is 5.62. The molecule has 1 amide bonds. The van der Waals surface area contributed by atoms with Gasteiger partial charge in [0.05, 0.1) is 37.6 Å². The molecule has 0 saturated carbocycles. The molecule has 0 aliphatic carbocycles. The number of hydrogen-bond donors (Lipinski definition) is 1. The van der Waals surface area contributed by atoms with Crippen LogP contribution < -0.4 is 14.8 Å². The standard InChI is InChI=1S/C23H24N4O4/c1-14(2)27-22-19(13-25-27)18(11-20(26-22)21-6-5-7-31-21)23(28)24-12-15-8-16(29-3)10-17(9-15)30-4/h5-11,13-14H,12H2,1-4H3,(H,24,28). The van der Waals surface area contributed by atoms with Crippen molar-refractivity contribution >= 4 is 16.9 Å². The average Bonchev–Trinajstić information content (AvgIpc) is 3.46. The predicted molar refractivity (Wildman–Crippen MR) is 116 cm³/mol. The quantitative estimate of drug-likeness (QED) is 0.481. The Bertz CT molecular complexity index is 1190. The molecule has 0 aliphatic heterocycles. The van der Waals surface area contributed by atoms with E-state index in [1.807, 2.05) is 32.0 Å². The number of aromatic nitrogens is 3. The van der Waals surface area contributed by atoms with Gasteiger partial charge < -0.3 is 19.2 Å². The van der Waals surface area contributed by atoms with E-state index in [0.717, 1.165) is 5.56 Å².